The van der Waals surface area contributed by atoms with Crippen molar-refractivity contribution in [3.63, 3.8) is 0 Å². The number of carbonyl (C=O) groups is 2. The number of guanidine groups is 1. The van der Waals surface area contributed by atoms with Crippen LogP contribution in [0.3, 0.4) is 0 Å². The van der Waals surface area contributed by atoms with Crippen LogP contribution in [0.4, 0.5) is 0 Å². The number of hydrogen-bond acceptors (Lipinski definition) is 6. The monoisotopic (exact) mass is 503 g/mol. The number of ether oxygens (including phenoxy) is 1. The minimum Gasteiger partial charge on any atom is -0.487 e. The predicted molar refractivity (Wildman–Crippen MR) is 142 cm³/mol. The molecule has 3 aliphatic rings. The number of aromatic nitrogens is 1. The summed E-state index contributed by atoms with van der Waals surface area (Å²) in [7, 11) is 0. The Kier molecular flexibility index (Phi) is 6.24. The fourth-order valence-corrected chi connectivity index (χ4v) is 5.72. The second-order valence-electron chi connectivity index (χ2n) is 11.8. The molecule has 1 aliphatic carbocycles. The summed E-state index contributed by atoms with van der Waals surface area (Å²) in [6, 6.07) is 11.2. The Bertz CT molecular complexity index is 1230. The van der Waals surface area contributed by atoms with Crippen molar-refractivity contribution in [1.82, 2.24) is 15.2 Å². The molecule has 0 bridgehead atoms. The Balaban J connectivity index is 1.40. The number of aliphatic imine (C=N–C) groups is 1. The molecule has 37 heavy (non-hydrogen) atoms. The number of hydrogen-bond donors (Lipinski definition) is 2. The van der Waals surface area contributed by atoms with E-state index in [1.807, 2.05) is 50.2 Å². The van der Waals surface area contributed by atoms with Gasteiger partial charge in [0.05, 0.1) is 24.0 Å². The fraction of sp³-hybridized carbons (Fsp3) is 0.517. The number of carbonyl (C=O) groups excluding carboxylic acids is 2. The summed E-state index contributed by atoms with van der Waals surface area (Å²) < 4.78 is 6.38. The number of rotatable bonds is 6. The van der Waals surface area contributed by atoms with Crippen molar-refractivity contribution in [1.29, 1.82) is 0 Å². The summed E-state index contributed by atoms with van der Waals surface area (Å²) in [5, 5.41) is 3.32. The zero-order valence-electron chi connectivity index (χ0n) is 22.3. The smallest absolute Gasteiger partial charge is 0.232 e. The lowest BCUT2D eigenvalue weighted by molar-refractivity contribution is -0.132. The van der Waals surface area contributed by atoms with E-state index in [-0.39, 0.29) is 59.6 Å². The minimum absolute atomic E-state index is 0.00741. The van der Waals surface area contributed by atoms with Crippen LogP contribution in [0.2, 0.25) is 0 Å². The maximum atomic E-state index is 13.6. The average Bonchev–Trinajstić information content (AvgIpc) is 3.62. The normalized spacial score (nSPS) is 29.1. The lowest BCUT2D eigenvalue weighted by Gasteiger charge is -2.43. The van der Waals surface area contributed by atoms with Crippen LogP contribution in [0, 0.1) is 17.8 Å². The van der Waals surface area contributed by atoms with Gasteiger partial charge in [-0.2, -0.15) is 0 Å². The van der Waals surface area contributed by atoms with E-state index in [4.69, 9.17) is 10.5 Å². The van der Waals surface area contributed by atoms with Crippen molar-refractivity contribution >= 4 is 17.8 Å². The van der Waals surface area contributed by atoms with E-state index in [9.17, 15) is 9.59 Å². The third-order valence-corrected chi connectivity index (χ3v) is 8.19. The molecule has 0 spiro atoms. The highest BCUT2D eigenvalue weighted by molar-refractivity contribution is 5.99. The van der Waals surface area contributed by atoms with Crippen LogP contribution in [-0.2, 0) is 9.59 Å². The van der Waals surface area contributed by atoms with Crippen molar-refractivity contribution < 1.29 is 14.3 Å². The lowest BCUT2D eigenvalue weighted by Crippen LogP contribution is -2.52. The van der Waals surface area contributed by atoms with Gasteiger partial charge in [0.1, 0.15) is 11.4 Å². The number of para-hydroxylation sites is 1. The van der Waals surface area contributed by atoms with Crippen LogP contribution in [0.15, 0.2) is 53.8 Å². The quantitative estimate of drug-likeness (QED) is 0.616. The summed E-state index contributed by atoms with van der Waals surface area (Å²) in [5.41, 5.74) is 7.28. The Morgan fingerprint density at radius 3 is 2.62 bits per heavy atom. The fourth-order valence-electron chi connectivity index (χ4n) is 5.72. The number of fused-ring (bicyclic) bond motifs is 1. The molecule has 0 saturated heterocycles. The number of nitrogens with one attached hydrogen (secondary N) is 1. The minimum atomic E-state index is -0.545. The van der Waals surface area contributed by atoms with Gasteiger partial charge in [0.15, 0.2) is 5.96 Å². The molecule has 8 nitrogen and oxygen atoms in total. The average molecular weight is 504 g/mol. The van der Waals surface area contributed by atoms with E-state index in [2.05, 4.69) is 36.1 Å². The molecule has 196 valence electrons. The van der Waals surface area contributed by atoms with Crippen molar-refractivity contribution in [3.8, 4) is 5.75 Å². The summed E-state index contributed by atoms with van der Waals surface area (Å²) >= 11 is 0. The first-order valence-electron chi connectivity index (χ1n) is 13.1. The molecule has 5 atom stereocenters. The van der Waals surface area contributed by atoms with E-state index in [0.29, 0.717) is 12.8 Å². The molecule has 1 aromatic heterocycles. The van der Waals surface area contributed by atoms with Gasteiger partial charge in [-0.25, -0.2) is 4.99 Å². The summed E-state index contributed by atoms with van der Waals surface area (Å²) in [6.45, 7) is 10.2. The molecular formula is C29H37N5O3. The van der Waals surface area contributed by atoms with Crippen LogP contribution in [0.1, 0.15) is 77.1 Å². The molecule has 1 saturated carbocycles. The van der Waals surface area contributed by atoms with Gasteiger partial charge in [-0.1, -0.05) is 38.1 Å². The molecule has 3 heterocycles. The SMILES string of the molecule is CC(C)C1(C)CC(NC(=O)[C@H]2C[C@@H]2[C@@H](c2cccnc2)N2C(=O)CC(C)(C)N=C2N)c2ccccc2O1. The van der Waals surface area contributed by atoms with Gasteiger partial charge in [-0.15, -0.1) is 0 Å². The number of pyridine rings is 1. The Labute approximate surface area is 218 Å². The van der Waals surface area contributed by atoms with E-state index >= 15 is 0 Å². The molecule has 1 aromatic carbocycles. The van der Waals surface area contributed by atoms with E-state index < -0.39 is 5.54 Å². The summed E-state index contributed by atoms with van der Waals surface area (Å²) in [6.07, 6.45) is 5.07. The van der Waals surface area contributed by atoms with Gasteiger partial charge in [0.2, 0.25) is 11.8 Å². The van der Waals surface area contributed by atoms with Gasteiger partial charge < -0.3 is 15.8 Å². The van der Waals surface area contributed by atoms with E-state index in [1.165, 1.54) is 0 Å². The van der Waals surface area contributed by atoms with Crippen LogP contribution in [0.5, 0.6) is 5.75 Å². The molecule has 0 radical (unpaired) electrons. The number of nitrogens with zero attached hydrogens (tertiary/aromatic N) is 3. The topological polar surface area (TPSA) is 110 Å². The Hall–Kier alpha value is -3.42. The summed E-state index contributed by atoms with van der Waals surface area (Å²) in [4.78, 5) is 37.3. The van der Waals surface area contributed by atoms with Crippen molar-refractivity contribution in [2.24, 2.45) is 28.5 Å². The Morgan fingerprint density at radius 1 is 1.19 bits per heavy atom. The second-order valence-corrected chi connectivity index (χ2v) is 11.8. The largest absolute Gasteiger partial charge is 0.487 e. The number of amides is 2. The third-order valence-electron chi connectivity index (χ3n) is 8.19. The highest BCUT2D eigenvalue weighted by atomic mass is 16.5. The molecule has 5 rings (SSSR count). The van der Waals surface area contributed by atoms with Gasteiger partial charge in [-0.3, -0.25) is 19.5 Å². The van der Waals surface area contributed by atoms with Crippen molar-refractivity contribution in [2.75, 3.05) is 0 Å². The van der Waals surface area contributed by atoms with Crippen LogP contribution in [-0.4, -0.2) is 38.8 Å². The maximum Gasteiger partial charge on any atom is 0.232 e. The molecule has 2 amide bonds. The molecule has 8 heteroatoms. The zero-order chi connectivity index (χ0) is 26.5. The highest BCUT2D eigenvalue weighted by Crippen LogP contribution is 2.52. The van der Waals surface area contributed by atoms with Gasteiger partial charge >= 0.3 is 0 Å². The van der Waals surface area contributed by atoms with Crippen LogP contribution < -0.4 is 15.8 Å². The van der Waals surface area contributed by atoms with E-state index in [0.717, 1.165) is 16.9 Å². The second kappa shape index (κ2) is 9.15. The van der Waals surface area contributed by atoms with Crippen molar-refractivity contribution in [3.05, 3.63) is 59.9 Å². The number of benzene rings is 1. The first-order valence-corrected chi connectivity index (χ1v) is 13.1. The predicted octanol–water partition coefficient (Wildman–Crippen LogP) is 4.14. The zero-order valence-corrected chi connectivity index (χ0v) is 22.3. The molecule has 2 aliphatic heterocycles. The highest BCUT2D eigenvalue weighted by Gasteiger charge is 2.53. The van der Waals surface area contributed by atoms with Gasteiger partial charge in [-0.05, 0) is 56.7 Å². The number of nitrogens with two attached hydrogens (primary N) is 1. The van der Waals surface area contributed by atoms with Gasteiger partial charge in [0.25, 0.3) is 0 Å². The third kappa shape index (κ3) is 4.81. The summed E-state index contributed by atoms with van der Waals surface area (Å²) in [5.74, 6) is 0.903. The first kappa shape index (κ1) is 25.2. The van der Waals surface area contributed by atoms with Crippen LogP contribution in [0.25, 0.3) is 0 Å². The lowest BCUT2D eigenvalue weighted by atomic mass is 9.81. The molecule has 2 unspecified atom stereocenters. The Morgan fingerprint density at radius 2 is 1.95 bits per heavy atom. The standard InChI is InChI=1S/C29H37N5O3/c1-17(2)29(5)14-22(19-10-6-7-11-23(19)37-29)32-26(36)21-13-20(21)25(18-9-8-12-31-16-18)34-24(35)15-28(3,4)33-27(34)30/h6-12,16-17,20-22,25H,13-15H2,1-5H3,(H2,30,33)(H,32,36)/t20-,21-,22?,25+,29?/m0/s1. The molecule has 3 N–H and O–H groups in total. The first-order chi connectivity index (χ1) is 17.5. The maximum absolute atomic E-state index is 13.6. The molecule has 2 aromatic rings. The van der Waals surface area contributed by atoms with Crippen molar-refractivity contribution in [2.45, 2.75) is 77.1 Å². The molecule has 1 fully saturated rings. The van der Waals surface area contributed by atoms with Crippen LogP contribution >= 0.6 is 0 Å². The molecular weight excluding hydrogens is 466 g/mol. The van der Waals surface area contributed by atoms with Gasteiger partial charge in [0, 0.05) is 30.3 Å². The van der Waals surface area contributed by atoms with E-state index in [1.54, 1.807) is 17.3 Å².